The first-order chi connectivity index (χ1) is 7.19. The molecule has 4 heteroatoms. The molecule has 0 saturated heterocycles. The highest BCUT2D eigenvalue weighted by Gasteiger charge is 2.32. The van der Waals surface area contributed by atoms with Crippen LogP contribution in [0.2, 0.25) is 0 Å². The van der Waals surface area contributed by atoms with E-state index in [2.05, 4.69) is 9.47 Å². The van der Waals surface area contributed by atoms with Crippen LogP contribution in [0.1, 0.15) is 32.1 Å². The summed E-state index contributed by atoms with van der Waals surface area (Å²) >= 11 is 0. The van der Waals surface area contributed by atoms with Gasteiger partial charge in [0.25, 0.3) is 0 Å². The smallest absolute Gasteiger partial charge is 0.320 e. The highest BCUT2D eigenvalue weighted by molar-refractivity contribution is 5.94. The first kappa shape index (κ1) is 12.0. The lowest BCUT2D eigenvalue weighted by molar-refractivity contribution is -0.159. The number of esters is 2. The number of carbonyl (C=O) groups excluding carboxylic acids is 2. The van der Waals surface area contributed by atoms with E-state index in [1.54, 1.807) is 0 Å². The molecule has 0 heterocycles. The van der Waals surface area contributed by atoms with Crippen LogP contribution in [0.5, 0.6) is 0 Å². The lowest BCUT2D eigenvalue weighted by Gasteiger charge is -2.15. The van der Waals surface area contributed by atoms with E-state index in [0.29, 0.717) is 12.3 Å². The van der Waals surface area contributed by atoms with E-state index in [4.69, 9.17) is 0 Å². The van der Waals surface area contributed by atoms with Crippen molar-refractivity contribution in [3.05, 3.63) is 0 Å². The van der Waals surface area contributed by atoms with Gasteiger partial charge < -0.3 is 9.47 Å². The predicted molar refractivity (Wildman–Crippen MR) is 54.1 cm³/mol. The monoisotopic (exact) mass is 214 g/mol. The summed E-state index contributed by atoms with van der Waals surface area (Å²) < 4.78 is 9.21. The Balaban J connectivity index is 2.55. The van der Waals surface area contributed by atoms with Crippen molar-refractivity contribution in [2.45, 2.75) is 32.1 Å². The van der Waals surface area contributed by atoms with Crippen molar-refractivity contribution in [1.29, 1.82) is 0 Å². The summed E-state index contributed by atoms with van der Waals surface area (Å²) in [4.78, 5) is 22.8. The zero-order valence-corrected chi connectivity index (χ0v) is 9.32. The molecule has 0 aromatic rings. The van der Waals surface area contributed by atoms with Crippen LogP contribution in [0, 0.1) is 11.8 Å². The average molecular weight is 214 g/mol. The van der Waals surface area contributed by atoms with Crippen molar-refractivity contribution in [1.82, 2.24) is 0 Å². The van der Waals surface area contributed by atoms with Crippen molar-refractivity contribution in [3.8, 4) is 0 Å². The van der Waals surface area contributed by atoms with Crippen molar-refractivity contribution >= 4 is 11.9 Å². The third kappa shape index (κ3) is 3.22. The van der Waals surface area contributed by atoms with E-state index in [1.807, 2.05) is 0 Å². The quantitative estimate of drug-likeness (QED) is 0.526. The highest BCUT2D eigenvalue weighted by Crippen LogP contribution is 2.31. The summed E-state index contributed by atoms with van der Waals surface area (Å²) in [5.74, 6) is -1.22. The maximum atomic E-state index is 11.4. The Morgan fingerprint density at radius 2 is 1.60 bits per heavy atom. The third-order valence-electron chi connectivity index (χ3n) is 3.02. The second-order valence-electron chi connectivity index (χ2n) is 3.99. The predicted octanol–water partition coefficient (Wildman–Crippen LogP) is 1.53. The van der Waals surface area contributed by atoms with Crippen LogP contribution in [0.25, 0.3) is 0 Å². The van der Waals surface area contributed by atoms with Gasteiger partial charge in [0.15, 0.2) is 5.92 Å². The molecule has 0 aromatic carbocycles. The van der Waals surface area contributed by atoms with E-state index in [0.717, 1.165) is 12.8 Å². The molecule has 0 aromatic heterocycles. The van der Waals surface area contributed by atoms with Crippen LogP contribution >= 0.6 is 0 Å². The zero-order valence-electron chi connectivity index (χ0n) is 9.32. The zero-order chi connectivity index (χ0) is 11.3. The van der Waals surface area contributed by atoms with Gasteiger partial charge in [-0.25, -0.2) is 0 Å². The number of carbonyl (C=O) groups is 2. The first-order valence-electron chi connectivity index (χ1n) is 5.34. The number of hydrogen-bond acceptors (Lipinski definition) is 4. The van der Waals surface area contributed by atoms with Gasteiger partial charge in [0.1, 0.15) is 0 Å². The van der Waals surface area contributed by atoms with Crippen molar-refractivity contribution < 1.29 is 19.1 Å². The Kier molecular flexibility index (Phi) is 4.59. The lowest BCUT2D eigenvalue weighted by Crippen LogP contribution is -2.28. The summed E-state index contributed by atoms with van der Waals surface area (Å²) in [6.45, 7) is 0. The molecule has 0 bridgehead atoms. The van der Waals surface area contributed by atoms with Gasteiger partial charge >= 0.3 is 11.9 Å². The molecule has 0 unspecified atom stereocenters. The largest absolute Gasteiger partial charge is 0.468 e. The van der Waals surface area contributed by atoms with E-state index in [9.17, 15) is 9.59 Å². The number of rotatable bonds is 4. The van der Waals surface area contributed by atoms with Gasteiger partial charge in [0.05, 0.1) is 14.2 Å². The van der Waals surface area contributed by atoms with Crippen LogP contribution < -0.4 is 0 Å². The molecule has 1 rings (SSSR count). The topological polar surface area (TPSA) is 52.6 Å². The maximum Gasteiger partial charge on any atom is 0.320 e. The molecule has 0 N–H and O–H groups in total. The van der Waals surface area contributed by atoms with E-state index >= 15 is 0 Å². The molecular weight excluding hydrogens is 196 g/mol. The fraction of sp³-hybridized carbons (Fsp3) is 0.818. The van der Waals surface area contributed by atoms with E-state index in [1.165, 1.54) is 27.1 Å². The molecule has 1 aliphatic rings. The fourth-order valence-corrected chi connectivity index (χ4v) is 2.15. The van der Waals surface area contributed by atoms with Crippen LogP contribution in [0.4, 0.5) is 0 Å². The molecule has 1 saturated carbocycles. The van der Waals surface area contributed by atoms with Crippen molar-refractivity contribution in [2.24, 2.45) is 11.8 Å². The fourth-order valence-electron chi connectivity index (χ4n) is 2.15. The molecule has 15 heavy (non-hydrogen) atoms. The van der Waals surface area contributed by atoms with Gasteiger partial charge in [-0.05, 0) is 12.3 Å². The second-order valence-corrected chi connectivity index (χ2v) is 3.99. The van der Waals surface area contributed by atoms with Gasteiger partial charge in [-0.3, -0.25) is 9.59 Å². The Morgan fingerprint density at radius 1 is 1.13 bits per heavy atom. The molecule has 0 spiro atoms. The van der Waals surface area contributed by atoms with Crippen LogP contribution in [-0.4, -0.2) is 26.2 Å². The molecule has 0 radical (unpaired) electrons. The van der Waals surface area contributed by atoms with Gasteiger partial charge in [-0.15, -0.1) is 0 Å². The standard InChI is InChI=1S/C11H18O4/c1-14-10(12)9(11(13)15-2)7-8-5-3-4-6-8/h8-9H,3-7H2,1-2H3. The second kappa shape index (κ2) is 5.73. The summed E-state index contributed by atoms with van der Waals surface area (Å²) in [7, 11) is 2.60. The summed E-state index contributed by atoms with van der Waals surface area (Å²) in [5.41, 5.74) is 0. The number of hydrogen-bond donors (Lipinski definition) is 0. The maximum absolute atomic E-state index is 11.4. The summed E-state index contributed by atoms with van der Waals surface area (Å²) in [6, 6.07) is 0. The van der Waals surface area contributed by atoms with Crippen molar-refractivity contribution in [2.75, 3.05) is 14.2 Å². The lowest BCUT2D eigenvalue weighted by atomic mass is 9.93. The van der Waals surface area contributed by atoms with Gasteiger partial charge in [0, 0.05) is 0 Å². The highest BCUT2D eigenvalue weighted by atomic mass is 16.5. The summed E-state index contributed by atoms with van der Waals surface area (Å²) in [5, 5.41) is 0. The SMILES string of the molecule is COC(=O)C(CC1CCCC1)C(=O)OC. The average Bonchev–Trinajstić information content (AvgIpc) is 2.76. The normalized spacial score (nSPS) is 16.7. The molecular formula is C11H18O4. The molecule has 0 aliphatic heterocycles. The van der Waals surface area contributed by atoms with E-state index in [-0.39, 0.29) is 0 Å². The van der Waals surface area contributed by atoms with Crippen molar-refractivity contribution in [3.63, 3.8) is 0 Å². The first-order valence-corrected chi connectivity index (χ1v) is 5.34. The van der Waals surface area contributed by atoms with Gasteiger partial charge in [-0.1, -0.05) is 25.7 Å². The minimum absolute atomic E-state index is 0.466. The third-order valence-corrected chi connectivity index (χ3v) is 3.02. The Morgan fingerprint density at radius 3 is 2.00 bits per heavy atom. The number of ether oxygens (including phenoxy) is 2. The van der Waals surface area contributed by atoms with Crippen LogP contribution in [0.15, 0.2) is 0 Å². The molecule has 1 aliphatic carbocycles. The molecule has 1 fully saturated rings. The van der Waals surface area contributed by atoms with Crippen LogP contribution in [0.3, 0.4) is 0 Å². The molecule has 0 amide bonds. The number of methoxy groups -OCH3 is 2. The Labute approximate surface area is 89.9 Å². The van der Waals surface area contributed by atoms with Gasteiger partial charge in [-0.2, -0.15) is 0 Å². The minimum atomic E-state index is -0.733. The van der Waals surface area contributed by atoms with E-state index < -0.39 is 17.9 Å². The molecule has 0 atom stereocenters. The molecule has 86 valence electrons. The molecule has 4 nitrogen and oxygen atoms in total. The van der Waals surface area contributed by atoms with Gasteiger partial charge in [0.2, 0.25) is 0 Å². The minimum Gasteiger partial charge on any atom is -0.468 e. The Bertz CT molecular complexity index is 215. The van der Waals surface area contributed by atoms with Crippen LogP contribution in [-0.2, 0) is 19.1 Å². The summed E-state index contributed by atoms with van der Waals surface area (Å²) in [6.07, 6.45) is 5.16. The Hall–Kier alpha value is -1.06.